The summed E-state index contributed by atoms with van der Waals surface area (Å²) in [5.74, 6) is 1.41. The number of halogens is 1. The van der Waals surface area contributed by atoms with E-state index in [0.717, 1.165) is 44.3 Å². The summed E-state index contributed by atoms with van der Waals surface area (Å²) in [7, 11) is 0. The van der Waals surface area contributed by atoms with Gasteiger partial charge in [0.25, 0.3) is 0 Å². The van der Waals surface area contributed by atoms with Crippen LogP contribution >= 0.6 is 11.6 Å². The number of aromatic nitrogens is 2. The molecule has 4 heteroatoms. The number of hydrogen-bond donors (Lipinski definition) is 1. The van der Waals surface area contributed by atoms with Crippen molar-refractivity contribution in [2.24, 2.45) is 0 Å². The highest BCUT2D eigenvalue weighted by atomic mass is 35.5. The number of aromatic amines is 1. The molecule has 0 aliphatic carbocycles. The molecule has 0 spiro atoms. The molecule has 2 aromatic heterocycles. The molecule has 0 aliphatic rings. The highest BCUT2D eigenvalue weighted by molar-refractivity contribution is 6.32. The zero-order valence-electron chi connectivity index (χ0n) is 18.1. The fourth-order valence-electron chi connectivity index (χ4n) is 4.98. The first-order chi connectivity index (χ1) is 16.8. The fourth-order valence-corrected chi connectivity index (χ4v) is 5.20. The van der Waals surface area contributed by atoms with Gasteiger partial charge in [-0.3, -0.25) is 0 Å². The van der Waals surface area contributed by atoms with Gasteiger partial charge < -0.3 is 14.3 Å². The summed E-state index contributed by atoms with van der Waals surface area (Å²) in [6.07, 6.45) is 0. The molecule has 0 bridgehead atoms. The van der Waals surface area contributed by atoms with Crippen molar-refractivity contribution >= 4 is 55.2 Å². The zero-order chi connectivity index (χ0) is 22.6. The SMILES string of the molecule is Clc1cc(-n2c3ccccc3c3ccccc32)ccc1Oc1cccc2[nH]c3ccccc3c12. The van der Waals surface area contributed by atoms with Crippen molar-refractivity contribution in [3.05, 3.63) is 114 Å². The first-order valence-electron chi connectivity index (χ1n) is 11.2. The second-order valence-corrected chi connectivity index (χ2v) is 8.84. The molecular weight excluding hydrogens is 440 g/mol. The number of H-pyrrole nitrogens is 1. The molecule has 2 heterocycles. The number of fused-ring (bicyclic) bond motifs is 6. The molecule has 5 aromatic carbocycles. The average molecular weight is 459 g/mol. The summed E-state index contributed by atoms with van der Waals surface area (Å²) in [6, 6.07) is 37.2. The largest absolute Gasteiger partial charge is 0.455 e. The third-order valence-electron chi connectivity index (χ3n) is 6.47. The Morgan fingerprint density at radius 1 is 0.588 bits per heavy atom. The Kier molecular flexibility index (Phi) is 4.20. The van der Waals surface area contributed by atoms with Crippen LogP contribution in [0.2, 0.25) is 5.02 Å². The van der Waals surface area contributed by atoms with Gasteiger partial charge in [0.05, 0.1) is 27.0 Å². The molecule has 1 N–H and O–H groups in total. The van der Waals surface area contributed by atoms with Crippen LogP contribution in [-0.4, -0.2) is 9.55 Å². The minimum atomic E-state index is 0.566. The van der Waals surface area contributed by atoms with Gasteiger partial charge >= 0.3 is 0 Å². The van der Waals surface area contributed by atoms with E-state index < -0.39 is 0 Å². The van der Waals surface area contributed by atoms with Crippen LogP contribution in [0.25, 0.3) is 49.3 Å². The maximum atomic E-state index is 6.80. The Hall–Kier alpha value is -4.21. The predicted molar refractivity (Wildman–Crippen MR) is 142 cm³/mol. The molecule has 34 heavy (non-hydrogen) atoms. The molecule has 0 aliphatic heterocycles. The number of ether oxygens (including phenoxy) is 1. The van der Waals surface area contributed by atoms with Crippen molar-refractivity contribution in [3.8, 4) is 17.2 Å². The summed E-state index contributed by atoms with van der Waals surface area (Å²) in [4.78, 5) is 3.46. The zero-order valence-corrected chi connectivity index (χ0v) is 18.9. The van der Waals surface area contributed by atoms with E-state index in [1.807, 2.05) is 36.4 Å². The van der Waals surface area contributed by atoms with Crippen molar-refractivity contribution in [1.82, 2.24) is 9.55 Å². The monoisotopic (exact) mass is 458 g/mol. The first-order valence-corrected chi connectivity index (χ1v) is 11.6. The Bertz CT molecular complexity index is 1810. The van der Waals surface area contributed by atoms with E-state index in [4.69, 9.17) is 16.3 Å². The minimum absolute atomic E-state index is 0.566. The Morgan fingerprint density at radius 2 is 1.24 bits per heavy atom. The van der Waals surface area contributed by atoms with E-state index >= 15 is 0 Å². The van der Waals surface area contributed by atoms with Crippen LogP contribution in [0, 0.1) is 0 Å². The van der Waals surface area contributed by atoms with Gasteiger partial charge in [0.1, 0.15) is 11.5 Å². The molecule has 0 saturated carbocycles. The van der Waals surface area contributed by atoms with Crippen LogP contribution in [0.5, 0.6) is 11.5 Å². The van der Waals surface area contributed by atoms with Gasteiger partial charge in [0.15, 0.2) is 0 Å². The highest BCUT2D eigenvalue weighted by Crippen LogP contribution is 2.39. The molecule has 0 amide bonds. The Morgan fingerprint density at radius 3 is 1.97 bits per heavy atom. The van der Waals surface area contributed by atoms with Gasteiger partial charge in [-0.2, -0.15) is 0 Å². The standard InChI is InChI=1S/C30H19ClN2O/c31-23-18-19(33-26-13-5-2-8-20(26)21-9-3-6-14-27(21)33)16-17-28(23)34-29-15-7-12-25-30(29)22-10-1-4-11-24(22)32-25/h1-18,32H. The fraction of sp³-hybridized carbons (Fsp3) is 0. The molecule has 0 saturated heterocycles. The van der Waals surface area contributed by atoms with E-state index in [2.05, 4.69) is 82.3 Å². The molecule has 0 unspecified atom stereocenters. The van der Waals surface area contributed by atoms with Gasteiger partial charge in [0.2, 0.25) is 0 Å². The minimum Gasteiger partial charge on any atom is -0.455 e. The van der Waals surface area contributed by atoms with E-state index in [9.17, 15) is 0 Å². The predicted octanol–water partition coefficient (Wildman–Crippen LogP) is 8.86. The number of nitrogens with one attached hydrogen (secondary N) is 1. The summed E-state index contributed by atoms with van der Waals surface area (Å²) in [5.41, 5.74) is 5.42. The number of nitrogens with zero attached hydrogens (tertiary/aromatic N) is 1. The van der Waals surface area contributed by atoms with Crippen LogP contribution in [0.4, 0.5) is 0 Å². The summed E-state index contributed by atoms with van der Waals surface area (Å²) in [6.45, 7) is 0. The van der Waals surface area contributed by atoms with Crippen LogP contribution < -0.4 is 4.74 Å². The average Bonchev–Trinajstić information content (AvgIpc) is 3.42. The van der Waals surface area contributed by atoms with Gasteiger partial charge in [0, 0.05) is 27.4 Å². The van der Waals surface area contributed by atoms with Crippen molar-refractivity contribution < 1.29 is 4.74 Å². The van der Waals surface area contributed by atoms with Gasteiger partial charge in [-0.15, -0.1) is 0 Å². The molecule has 3 nitrogen and oxygen atoms in total. The number of rotatable bonds is 3. The lowest BCUT2D eigenvalue weighted by Gasteiger charge is -2.12. The lowest BCUT2D eigenvalue weighted by Crippen LogP contribution is -1.95. The first kappa shape index (κ1) is 19.3. The third-order valence-corrected chi connectivity index (χ3v) is 6.76. The molecule has 0 fully saturated rings. The molecular formula is C30H19ClN2O. The van der Waals surface area contributed by atoms with Gasteiger partial charge in [-0.25, -0.2) is 0 Å². The van der Waals surface area contributed by atoms with Crippen molar-refractivity contribution in [2.75, 3.05) is 0 Å². The topological polar surface area (TPSA) is 29.9 Å². The summed E-state index contributed by atoms with van der Waals surface area (Å²) in [5, 5.41) is 5.20. The van der Waals surface area contributed by atoms with Crippen molar-refractivity contribution in [2.45, 2.75) is 0 Å². The third kappa shape index (κ3) is 2.84. The Labute approximate surface area is 200 Å². The molecule has 7 rings (SSSR count). The molecule has 162 valence electrons. The van der Waals surface area contributed by atoms with E-state index in [0.29, 0.717) is 10.8 Å². The quantitative estimate of drug-likeness (QED) is 0.281. The van der Waals surface area contributed by atoms with E-state index in [1.165, 1.54) is 10.8 Å². The normalized spacial score (nSPS) is 11.7. The highest BCUT2D eigenvalue weighted by Gasteiger charge is 2.15. The van der Waals surface area contributed by atoms with Gasteiger partial charge in [-0.05, 0) is 48.5 Å². The Balaban J connectivity index is 1.36. The second kappa shape index (κ2) is 7.41. The van der Waals surface area contributed by atoms with Crippen LogP contribution in [-0.2, 0) is 0 Å². The lowest BCUT2D eigenvalue weighted by atomic mass is 10.1. The maximum absolute atomic E-state index is 6.80. The van der Waals surface area contributed by atoms with E-state index in [1.54, 1.807) is 0 Å². The van der Waals surface area contributed by atoms with Crippen molar-refractivity contribution in [3.63, 3.8) is 0 Å². The van der Waals surface area contributed by atoms with Gasteiger partial charge in [-0.1, -0.05) is 72.3 Å². The van der Waals surface area contributed by atoms with Crippen LogP contribution in [0.15, 0.2) is 109 Å². The van der Waals surface area contributed by atoms with Crippen LogP contribution in [0.1, 0.15) is 0 Å². The lowest BCUT2D eigenvalue weighted by molar-refractivity contribution is 0.489. The van der Waals surface area contributed by atoms with Crippen molar-refractivity contribution in [1.29, 1.82) is 0 Å². The summed E-state index contributed by atoms with van der Waals surface area (Å²) < 4.78 is 8.63. The summed E-state index contributed by atoms with van der Waals surface area (Å²) >= 11 is 6.80. The molecule has 0 atom stereocenters. The molecule has 7 aromatic rings. The smallest absolute Gasteiger partial charge is 0.146 e. The second-order valence-electron chi connectivity index (χ2n) is 8.44. The maximum Gasteiger partial charge on any atom is 0.146 e. The number of para-hydroxylation sites is 3. The number of benzene rings is 5. The molecule has 0 radical (unpaired) electrons. The number of hydrogen-bond acceptors (Lipinski definition) is 1. The van der Waals surface area contributed by atoms with E-state index in [-0.39, 0.29) is 0 Å². The van der Waals surface area contributed by atoms with Crippen LogP contribution in [0.3, 0.4) is 0 Å².